The van der Waals surface area contributed by atoms with Gasteiger partial charge in [0, 0.05) is 36.1 Å². The molecule has 0 radical (unpaired) electrons. The van der Waals surface area contributed by atoms with E-state index in [1.807, 2.05) is 28.5 Å². The molecular formula is C19H19N3O2S. The van der Waals surface area contributed by atoms with Gasteiger partial charge in [0.15, 0.2) is 4.96 Å². The van der Waals surface area contributed by atoms with Crippen LogP contribution < -0.4 is 5.56 Å². The molecule has 3 heterocycles. The lowest BCUT2D eigenvalue weighted by Crippen LogP contribution is -2.47. The molecule has 128 valence electrons. The number of thiazole rings is 1. The third-order valence-electron chi connectivity index (χ3n) is 4.99. The predicted octanol–water partition coefficient (Wildman–Crippen LogP) is 2.95. The summed E-state index contributed by atoms with van der Waals surface area (Å²) >= 11 is 1.36. The van der Waals surface area contributed by atoms with E-state index in [9.17, 15) is 9.59 Å². The lowest BCUT2D eigenvalue weighted by molar-refractivity contribution is 0.0643. The van der Waals surface area contributed by atoms with Crippen LogP contribution in [-0.2, 0) is 5.41 Å². The Morgan fingerprint density at radius 2 is 2.08 bits per heavy atom. The van der Waals surface area contributed by atoms with Crippen molar-refractivity contribution in [2.24, 2.45) is 0 Å². The number of hydrogen-bond acceptors (Lipinski definition) is 4. The lowest BCUT2D eigenvalue weighted by Gasteiger charge is -2.41. The van der Waals surface area contributed by atoms with Crippen LogP contribution >= 0.6 is 11.3 Å². The van der Waals surface area contributed by atoms with Gasteiger partial charge in [-0.25, -0.2) is 0 Å². The van der Waals surface area contributed by atoms with Crippen LogP contribution in [0.4, 0.5) is 0 Å². The number of carbonyl (C=O) groups excluding carboxylic acids is 1. The first-order chi connectivity index (χ1) is 12.1. The SMILES string of the molecule is CC1(c2ccccc2)CCCN(C(=O)c2cc(=O)nc3sccn23)C1. The van der Waals surface area contributed by atoms with E-state index < -0.39 is 0 Å². The Morgan fingerprint density at radius 1 is 1.28 bits per heavy atom. The minimum atomic E-state index is -0.367. The van der Waals surface area contributed by atoms with E-state index >= 15 is 0 Å². The second-order valence-electron chi connectivity index (χ2n) is 6.79. The summed E-state index contributed by atoms with van der Waals surface area (Å²) in [5.41, 5.74) is 1.21. The molecule has 0 spiro atoms. The predicted molar refractivity (Wildman–Crippen MR) is 98.3 cm³/mol. The molecule has 1 unspecified atom stereocenters. The van der Waals surface area contributed by atoms with Crippen molar-refractivity contribution >= 4 is 22.2 Å². The zero-order valence-corrected chi connectivity index (χ0v) is 14.8. The number of likely N-dealkylation sites (tertiary alicyclic amines) is 1. The normalized spacial score (nSPS) is 20.8. The number of fused-ring (bicyclic) bond motifs is 1. The Hall–Kier alpha value is -2.47. The van der Waals surface area contributed by atoms with E-state index in [4.69, 9.17) is 0 Å². The largest absolute Gasteiger partial charge is 0.336 e. The number of rotatable bonds is 2. The van der Waals surface area contributed by atoms with Crippen LogP contribution in [0.3, 0.4) is 0 Å². The standard InChI is InChI=1S/C19H19N3O2S/c1-19(14-6-3-2-4-7-14)8-5-9-21(13-19)17(24)15-12-16(23)20-18-22(15)10-11-25-18/h2-4,6-7,10-12H,5,8-9,13H2,1H3. The average molecular weight is 353 g/mol. The molecule has 3 aromatic rings. The van der Waals surface area contributed by atoms with Crippen LogP contribution in [-0.4, -0.2) is 33.3 Å². The van der Waals surface area contributed by atoms with Crippen molar-refractivity contribution in [2.75, 3.05) is 13.1 Å². The maximum atomic E-state index is 13.1. The second-order valence-corrected chi connectivity index (χ2v) is 7.67. The third-order valence-corrected chi connectivity index (χ3v) is 5.75. The molecular weight excluding hydrogens is 334 g/mol. The Balaban J connectivity index is 1.68. The summed E-state index contributed by atoms with van der Waals surface area (Å²) in [6, 6.07) is 11.7. The first kappa shape index (κ1) is 16.0. The van der Waals surface area contributed by atoms with Gasteiger partial charge in [-0.1, -0.05) is 37.3 Å². The van der Waals surface area contributed by atoms with Gasteiger partial charge in [0.1, 0.15) is 5.69 Å². The van der Waals surface area contributed by atoms with E-state index in [1.54, 1.807) is 10.6 Å². The summed E-state index contributed by atoms with van der Waals surface area (Å²) in [5, 5.41) is 1.84. The van der Waals surface area contributed by atoms with Gasteiger partial charge in [0.2, 0.25) is 0 Å². The molecule has 25 heavy (non-hydrogen) atoms. The highest BCUT2D eigenvalue weighted by Crippen LogP contribution is 2.34. The van der Waals surface area contributed by atoms with Crippen LogP contribution in [0.15, 0.2) is 52.8 Å². The Bertz CT molecular complexity index is 979. The number of amides is 1. The fourth-order valence-corrected chi connectivity index (χ4v) is 4.38. The van der Waals surface area contributed by atoms with Gasteiger partial charge in [0.05, 0.1) is 0 Å². The Kier molecular flexibility index (Phi) is 3.92. The zero-order chi connectivity index (χ0) is 17.4. The maximum absolute atomic E-state index is 13.1. The van der Waals surface area contributed by atoms with Gasteiger partial charge >= 0.3 is 0 Å². The van der Waals surface area contributed by atoms with Gasteiger partial charge in [-0.3, -0.25) is 14.0 Å². The maximum Gasteiger partial charge on any atom is 0.274 e. The van der Waals surface area contributed by atoms with Crippen molar-refractivity contribution in [1.82, 2.24) is 14.3 Å². The average Bonchev–Trinajstić information content (AvgIpc) is 3.09. The fourth-order valence-electron chi connectivity index (χ4n) is 3.67. The van der Waals surface area contributed by atoms with Crippen molar-refractivity contribution < 1.29 is 4.79 Å². The van der Waals surface area contributed by atoms with E-state index in [0.29, 0.717) is 23.7 Å². The summed E-state index contributed by atoms with van der Waals surface area (Å²) in [6.45, 7) is 3.57. The van der Waals surface area contributed by atoms with Crippen LogP contribution in [0.2, 0.25) is 0 Å². The van der Waals surface area contributed by atoms with Gasteiger partial charge in [0.25, 0.3) is 11.5 Å². The lowest BCUT2D eigenvalue weighted by atomic mass is 9.76. The van der Waals surface area contributed by atoms with Crippen LogP contribution in [0, 0.1) is 0 Å². The van der Waals surface area contributed by atoms with E-state index in [2.05, 4.69) is 24.0 Å². The Morgan fingerprint density at radius 3 is 2.88 bits per heavy atom. The van der Waals surface area contributed by atoms with Crippen molar-refractivity contribution in [3.63, 3.8) is 0 Å². The smallest absolute Gasteiger partial charge is 0.274 e. The highest BCUT2D eigenvalue weighted by molar-refractivity contribution is 7.15. The molecule has 1 atom stereocenters. The molecule has 0 N–H and O–H groups in total. The summed E-state index contributed by atoms with van der Waals surface area (Å²) in [7, 11) is 0. The topological polar surface area (TPSA) is 54.7 Å². The highest BCUT2D eigenvalue weighted by atomic mass is 32.1. The summed E-state index contributed by atoms with van der Waals surface area (Å²) in [4.78, 5) is 31.4. The van der Waals surface area contributed by atoms with E-state index in [1.165, 1.54) is 23.0 Å². The number of aromatic nitrogens is 2. The quantitative estimate of drug-likeness (QED) is 0.712. The fraction of sp³-hybridized carbons (Fsp3) is 0.316. The molecule has 0 aliphatic carbocycles. The first-order valence-electron chi connectivity index (χ1n) is 8.39. The first-order valence-corrected chi connectivity index (χ1v) is 9.26. The molecule has 0 saturated carbocycles. The molecule has 1 fully saturated rings. The van der Waals surface area contributed by atoms with Crippen molar-refractivity contribution in [3.8, 4) is 0 Å². The highest BCUT2D eigenvalue weighted by Gasteiger charge is 2.35. The van der Waals surface area contributed by atoms with E-state index in [-0.39, 0.29) is 16.9 Å². The molecule has 1 saturated heterocycles. The van der Waals surface area contributed by atoms with Gasteiger partial charge in [-0.2, -0.15) is 4.98 Å². The molecule has 1 amide bonds. The summed E-state index contributed by atoms with van der Waals surface area (Å²) in [5.74, 6) is -0.102. The number of benzene rings is 1. The van der Waals surface area contributed by atoms with Crippen molar-refractivity contribution in [1.29, 1.82) is 0 Å². The van der Waals surface area contributed by atoms with Gasteiger partial charge < -0.3 is 4.90 Å². The molecule has 1 aliphatic heterocycles. The summed E-state index contributed by atoms with van der Waals surface area (Å²) in [6.07, 6.45) is 3.79. The number of piperidine rings is 1. The van der Waals surface area contributed by atoms with Gasteiger partial charge in [-0.15, -0.1) is 11.3 Å². The van der Waals surface area contributed by atoms with Crippen molar-refractivity contribution in [3.05, 3.63) is 69.6 Å². The van der Waals surface area contributed by atoms with Gasteiger partial charge in [-0.05, 0) is 18.4 Å². The second kappa shape index (κ2) is 6.11. The molecule has 4 rings (SSSR count). The monoisotopic (exact) mass is 353 g/mol. The number of hydrogen-bond donors (Lipinski definition) is 0. The van der Waals surface area contributed by atoms with Crippen molar-refractivity contribution in [2.45, 2.75) is 25.2 Å². The van der Waals surface area contributed by atoms with Crippen LogP contribution in [0.5, 0.6) is 0 Å². The number of nitrogens with zero attached hydrogens (tertiary/aromatic N) is 3. The minimum absolute atomic E-state index is 0.0685. The van der Waals surface area contributed by atoms with Crippen LogP contribution in [0.1, 0.15) is 35.8 Å². The van der Waals surface area contributed by atoms with Crippen LogP contribution in [0.25, 0.3) is 4.96 Å². The molecule has 0 bridgehead atoms. The molecule has 6 heteroatoms. The minimum Gasteiger partial charge on any atom is -0.336 e. The Labute approximate surface area is 149 Å². The third kappa shape index (κ3) is 2.87. The molecule has 5 nitrogen and oxygen atoms in total. The zero-order valence-electron chi connectivity index (χ0n) is 14.0. The molecule has 1 aromatic carbocycles. The number of carbonyl (C=O) groups is 1. The van der Waals surface area contributed by atoms with E-state index in [0.717, 1.165) is 12.8 Å². The molecule has 2 aromatic heterocycles. The summed E-state index contributed by atoms with van der Waals surface area (Å²) < 4.78 is 1.71. The molecule has 1 aliphatic rings.